The Morgan fingerprint density at radius 3 is 2.67 bits per heavy atom. The van der Waals surface area contributed by atoms with Crippen LogP contribution in [0.4, 0.5) is 5.69 Å². The molecule has 0 aliphatic carbocycles. The van der Waals surface area contributed by atoms with Crippen molar-refractivity contribution in [1.82, 2.24) is 0 Å². The molecule has 2 atom stereocenters. The summed E-state index contributed by atoms with van der Waals surface area (Å²) in [5, 5.41) is 18.7. The van der Waals surface area contributed by atoms with E-state index in [1.165, 1.54) is 17.8 Å². The first-order valence-electron chi connectivity index (χ1n) is 4.61. The molecule has 1 rings (SSSR count). The van der Waals surface area contributed by atoms with Crippen molar-refractivity contribution in [3.8, 4) is 0 Å². The summed E-state index contributed by atoms with van der Waals surface area (Å²) in [4.78, 5) is 0.910. The van der Waals surface area contributed by atoms with Gasteiger partial charge in [0, 0.05) is 16.3 Å². The lowest BCUT2D eigenvalue weighted by Crippen LogP contribution is -2.25. The summed E-state index contributed by atoms with van der Waals surface area (Å²) < 4.78 is 0. The third-order valence-corrected chi connectivity index (χ3v) is 3.16. The topological polar surface area (TPSA) is 66.5 Å². The highest BCUT2D eigenvalue weighted by atomic mass is 32.2. The number of nitrogens with two attached hydrogens (primary N) is 1. The number of aliphatic hydroxyl groups excluding tert-OH is 2. The van der Waals surface area contributed by atoms with Crippen LogP contribution in [0.15, 0.2) is 41.8 Å². The maximum atomic E-state index is 9.49. The van der Waals surface area contributed by atoms with E-state index in [1.54, 1.807) is 6.07 Å². The van der Waals surface area contributed by atoms with Crippen LogP contribution < -0.4 is 5.73 Å². The van der Waals surface area contributed by atoms with Gasteiger partial charge in [0.25, 0.3) is 0 Å². The van der Waals surface area contributed by atoms with E-state index in [4.69, 9.17) is 5.73 Å². The van der Waals surface area contributed by atoms with Gasteiger partial charge in [0.15, 0.2) is 0 Å². The van der Waals surface area contributed by atoms with Crippen molar-refractivity contribution >= 4 is 17.4 Å². The molecule has 3 nitrogen and oxygen atoms in total. The van der Waals surface area contributed by atoms with Crippen LogP contribution in [0.25, 0.3) is 0 Å². The van der Waals surface area contributed by atoms with Crippen LogP contribution >= 0.6 is 11.8 Å². The van der Waals surface area contributed by atoms with Crippen molar-refractivity contribution in [3.63, 3.8) is 0 Å². The summed E-state index contributed by atoms with van der Waals surface area (Å²) in [5.41, 5.74) is 6.41. The monoisotopic (exact) mass is 225 g/mol. The predicted octanol–water partition coefficient (Wildman–Crippen LogP) is 1.27. The zero-order chi connectivity index (χ0) is 11.3. The van der Waals surface area contributed by atoms with Crippen molar-refractivity contribution in [2.24, 2.45) is 0 Å². The summed E-state index contributed by atoms with van der Waals surface area (Å²) in [6, 6.07) is 7.43. The molecule has 1 aromatic rings. The van der Waals surface area contributed by atoms with Gasteiger partial charge in [-0.15, -0.1) is 18.3 Å². The fraction of sp³-hybridized carbons (Fsp3) is 0.273. The van der Waals surface area contributed by atoms with Crippen LogP contribution in [0, 0.1) is 0 Å². The molecule has 0 radical (unpaired) electrons. The van der Waals surface area contributed by atoms with Gasteiger partial charge < -0.3 is 15.9 Å². The Kier molecular flexibility index (Phi) is 4.68. The lowest BCUT2D eigenvalue weighted by molar-refractivity contribution is 0.0653. The number of benzene rings is 1. The smallest absolute Gasteiger partial charge is 0.0985 e. The van der Waals surface area contributed by atoms with Gasteiger partial charge in [-0.3, -0.25) is 0 Å². The summed E-state index contributed by atoms with van der Waals surface area (Å²) in [6.07, 6.45) is -0.380. The van der Waals surface area contributed by atoms with E-state index in [9.17, 15) is 10.2 Å². The summed E-state index contributed by atoms with van der Waals surface area (Å²) in [5.74, 6) is 0.390. The van der Waals surface area contributed by atoms with E-state index in [-0.39, 0.29) is 0 Å². The van der Waals surface area contributed by atoms with Crippen molar-refractivity contribution in [2.75, 3.05) is 11.5 Å². The molecule has 15 heavy (non-hydrogen) atoms. The molecular weight excluding hydrogens is 210 g/mol. The first kappa shape index (κ1) is 12.1. The van der Waals surface area contributed by atoms with Gasteiger partial charge in [0.2, 0.25) is 0 Å². The van der Waals surface area contributed by atoms with Gasteiger partial charge in [0.05, 0.1) is 12.2 Å². The Morgan fingerprint density at radius 2 is 2.07 bits per heavy atom. The van der Waals surface area contributed by atoms with Gasteiger partial charge in [-0.25, -0.2) is 0 Å². The van der Waals surface area contributed by atoms with Crippen LogP contribution in [-0.4, -0.2) is 28.2 Å². The van der Waals surface area contributed by atoms with E-state index < -0.39 is 12.2 Å². The second-order valence-electron chi connectivity index (χ2n) is 3.14. The lowest BCUT2D eigenvalue weighted by Gasteiger charge is -2.14. The molecule has 0 aliphatic heterocycles. The average Bonchev–Trinajstić information content (AvgIpc) is 2.26. The minimum absolute atomic E-state index is 0.390. The van der Waals surface area contributed by atoms with Gasteiger partial charge >= 0.3 is 0 Å². The number of rotatable bonds is 5. The molecule has 0 amide bonds. The quantitative estimate of drug-likeness (QED) is 0.401. The number of nitrogen functional groups attached to an aromatic ring is 1. The lowest BCUT2D eigenvalue weighted by atomic mass is 10.2. The molecule has 0 saturated carbocycles. The zero-order valence-electron chi connectivity index (χ0n) is 8.34. The van der Waals surface area contributed by atoms with Crippen molar-refractivity contribution in [2.45, 2.75) is 17.1 Å². The normalized spacial score (nSPS) is 14.5. The Balaban J connectivity index is 2.50. The first-order valence-corrected chi connectivity index (χ1v) is 5.59. The number of hydrogen-bond acceptors (Lipinski definition) is 4. The zero-order valence-corrected chi connectivity index (χ0v) is 9.15. The molecule has 4 heteroatoms. The number of thioether (sulfide) groups is 1. The van der Waals surface area contributed by atoms with E-state index in [0.29, 0.717) is 11.4 Å². The third kappa shape index (κ3) is 3.58. The van der Waals surface area contributed by atoms with Gasteiger partial charge in [-0.05, 0) is 12.1 Å². The van der Waals surface area contributed by atoms with Gasteiger partial charge in [0.1, 0.15) is 0 Å². The Labute approximate surface area is 93.6 Å². The highest BCUT2D eigenvalue weighted by Crippen LogP contribution is 2.25. The van der Waals surface area contributed by atoms with Crippen molar-refractivity contribution < 1.29 is 10.2 Å². The maximum absolute atomic E-state index is 9.49. The minimum atomic E-state index is -0.887. The van der Waals surface area contributed by atoms with Crippen LogP contribution in [0.2, 0.25) is 0 Å². The highest BCUT2D eigenvalue weighted by molar-refractivity contribution is 7.99. The molecular formula is C11H15NO2S. The van der Waals surface area contributed by atoms with Crippen molar-refractivity contribution in [3.05, 3.63) is 36.9 Å². The number of aliphatic hydroxyl groups is 2. The summed E-state index contributed by atoms with van der Waals surface area (Å²) in [6.45, 7) is 3.41. The number of para-hydroxylation sites is 1. The van der Waals surface area contributed by atoms with Crippen molar-refractivity contribution in [1.29, 1.82) is 0 Å². The standard InChI is InChI=1S/C11H15NO2S/c1-2-9(13)10(14)7-15-11-6-4-3-5-8(11)12/h2-6,9-10,13-14H,1,7,12H2/t9-,10+/m0/s1. The average molecular weight is 225 g/mol. The van der Waals surface area contributed by atoms with Crippen LogP contribution in [0.3, 0.4) is 0 Å². The molecule has 0 spiro atoms. The van der Waals surface area contributed by atoms with E-state index >= 15 is 0 Å². The largest absolute Gasteiger partial charge is 0.398 e. The van der Waals surface area contributed by atoms with E-state index in [2.05, 4.69) is 6.58 Å². The molecule has 82 valence electrons. The molecule has 0 fully saturated rings. The van der Waals surface area contributed by atoms with E-state index in [1.807, 2.05) is 18.2 Å². The molecule has 4 N–H and O–H groups in total. The highest BCUT2D eigenvalue weighted by Gasteiger charge is 2.13. The molecule has 0 saturated heterocycles. The number of anilines is 1. The second kappa shape index (κ2) is 5.80. The molecule has 0 heterocycles. The maximum Gasteiger partial charge on any atom is 0.0985 e. The Morgan fingerprint density at radius 1 is 1.40 bits per heavy atom. The van der Waals surface area contributed by atoms with Crippen LogP contribution in [0.5, 0.6) is 0 Å². The number of hydrogen-bond donors (Lipinski definition) is 3. The molecule has 0 bridgehead atoms. The Bertz CT molecular complexity index is 330. The van der Waals surface area contributed by atoms with Crippen LogP contribution in [-0.2, 0) is 0 Å². The van der Waals surface area contributed by atoms with Crippen LogP contribution in [0.1, 0.15) is 0 Å². The molecule has 0 aromatic heterocycles. The molecule has 0 aliphatic rings. The summed E-state index contributed by atoms with van der Waals surface area (Å²) in [7, 11) is 0. The minimum Gasteiger partial charge on any atom is -0.398 e. The second-order valence-corrected chi connectivity index (χ2v) is 4.20. The Hall–Kier alpha value is -0.970. The fourth-order valence-electron chi connectivity index (χ4n) is 1.04. The third-order valence-electron chi connectivity index (χ3n) is 1.96. The SMILES string of the molecule is C=C[C@H](O)[C@H](O)CSc1ccccc1N. The molecule has 0 unspecified atom stereocenters. The molecule has 1 aromatic carbocycles. The van der Waals surface area contributed by atoms with Gasteiger partial charge in [-0.2, -0.15) is 0 Å². The first-order chi connectivity index (χ1) is 7.15. The predicted molar refractivity (Wildman–Crippen MR) is 63.8 cm³/mol. The summed E-state index contributed by atoms with van der Waals surface area (Å²) >= 11 is 1.42. The van der Waals surface area contributed by atoms with Gasteiger partial charge in [-0.1, -0.05) is 18.2 Å². The fourth-order valence-corrected chi connectivity index (χ4v) is 2.00. The van der Waals surface area contributed by atoms with E-state index in [0.717, 1.165) is 4.90 Å².